The number of carbonyl (C=O) groups excluding carboxylic acids is 1. The topological polar surface area (TPSA) is 35.5 Å². The first-order valence-electron chi connectivity index (χ1n) is 5.42. The van der Waals surface area contributed by atoms with Crippen molar-refractivity contribution in [3.63, 3.8) is 0 Å². The van der Waals surface area contributed by atoms with E-state index in [0.717, 1.165) is 0 Å². The van der Waals surface area contributed by atoms with Gasteiger partial charge in [-0.1, -0.05) is 59.6 Å². The molecule has 104 valence electrons. The Morgan fingerprint density at radius 1 is 1.37 bits per heavy atom. The summed E-state index contributed by atoms with van der Waals surface area (Å²) in [5.41, 5.74) is 0.571. The van der Waals surface area contributed by atoms with Gasteiger partial charge < -0.3 is 9.47 Å². The fraction of sp³-hybridized carbons (Fsp3) is 0.308. The Labute approximate surface area is 127 Å². The Bertz CT molecular complexity index is 437. The van der Waals surface area contributed by atoms with Crippen molar-refractivity contribution in [2.45, 2.75) is 16.8 Å². The van der Waals surface area contributed by atoms with Crippen LogP contribution in [0.2, 0.25) is 0 Å². The summed E-state index contributed by atoms with van der Waals surface area (Å²) in [5.74, 6) is 0.123. The van der Waals surface area contributed by atoms with Crippen LogP contribution in [0.3, 0.4) is 0 Å². The van der Waals surface area contributed by atoms with E-state index in [4.69, 9.17) is 44.3 Å². The van der Waals surface area contributed by atoms with Gasteiger partial charge in [0, 0.05) is 6.92 Å². The maximum atomic E-state index is 11.0. The highest BCUT2D eigenvalue weighted by Gasteiger charge is 2.36. The second-order valence-electron chi connectivity index (χ2n) is 3.70. The van der Waals surface area contributed by atoms with Crippen LogP contribution >= 0.6 is 34.8 Å². The van der Waals surface area contributed by atoms with Crippen LogP contribution in [0.15, 0.2) is 36.9 Å². The average Bonchev–Trinajstić information content (AvgIpc) is 2.33. The number of rotatable bonds is 5. The van der Waals surface area contributed by atoms with Gasteiger partial charge in [0.25, 0.3) is 0 Å². The molecule has 0 bridgehead atoms. The highest BCUT2D eigenvalue weighted by Crippen LogP contribution is 2.42. The molecule has 0 amide bonds. The predicted molar refractivity (Wildman–Crippen MR) is 76.9 cm³/mol. The molecule has 0 aliphatic rings. The van der Waals surface area contributed by atoms with Gasteiger partial charge in [-0.3, -0.25) is 4.79 Å². The molecule has 1 unspecified atom stereocenters. The molecular weight excluding hydrogens is 310 g/mol. The summed E-state index contributed by atoms with van der Waals surface area (Å²) >= 11 is 17.4. The first kappa shape index (κ1) is 16.2. The van der Waals surface area contributed by atoms with Crippen molar-refractivity contribution in [2.75, 3.05) is 6.61 Å². The van der Waals surface area contributed by atoms with Crippen LogP contribution < -0.4 is 4.74 Å². The predicted octanol–water partition coefficient (Wildman–Crippen LogP) is 4.23. The van der Waals surface area contributed by atoms with Crippen LogP contribution in [0.5, 0.6) is 5.75 Å². The van der Waals surface area contributed by atoms with E-state index in [2.05, 4.69) is 6.58 Å². The molecule has 0 aliphatic heterocycles. The molecule has 0 radical (unpaired) electrons. The SMILES string of the molecule is C=CCOc1ccc(C(OC(C)=O)C(Cl)(Cl)Cl)cc1. The Kier molecular flexibility index (Phi) is 5.98. The first-order valence-corrected chi connectivity index (χ1v) is 6.55. The van der Waals surface area contributed by atoms with E-state index in [9.17, 15) is 4.79 Å². The Balaban J connectivity index is 2.91. The molecule has 1 aromatic rings. The lowest BCUT2D eigenvalue weighted by Gasteiger charge is -2.24. The summed E-state index contributed by atoms with van der Waals surface area (Å²) in [7, 11) is 0. The van der Waals surface area contributed by atoms with E-state index in [1.807, 2.05) is 0 Å². The van der Waals surface area contributed by atoms with Crippen molar-refractivity contribution < 1.29 is 14.3 Å². The van der Waals surface area contributed by atoms with Crippen molar-refractivity contribution in [3.05, 3.63) is 42.5 Å². The third-order valence-electron chi connectivity index (χ3n) is 2.13. The van der Waals surface area contributed by atoms with E-state index in [1.54, 1.807) is 30.3 Å². The lowest BCUT2D eigenvalue weighted by atomic mass is 10.1. The summed E-state index contributed by atoms with van der Waals surface area (Å²) in [6.45, 7) is 5.21. The molecule has 0 N–H and O–H groups in total. The van der Waals surface area contributed by atoms with Crippen molar-refractivity contribution in [3.8, 4) is 5.75 Å². The number of hydrogen-bond acceptors (Lipinski definition) is 3. The maximum absolute atomic E-state index is 11.0. The van der Waals surface area contributed by atoms with Gasteiger partial charge in [-0.25, -0.2) is 0 Å². The average molecular weight is 324 g/mol. The van der Waals surface area contributed by atoms with E-state index in [0.29, 0.717) is 17.9 Å². The van der Waals surface area contributed by atoms with Gasteiger partial charge >= 0.3 is 5.97 Å². The number of halogens is 3. The van der Waals surface area contributed by atoms with E-state index >= 15 is 0 Å². The van der Waals surface area contributed by atoms with Crippen molar-refractivity contribution in [1.82, 2.24) is 0 Å². The minimum atomic E-state index is -1.74. The third kappa shape index (κ3) is 5.31. The largest absolute Gasteiger partial charge is 0.490 e. The highest BCUT2D eigenvalue weighted by atomic mass is 35.6. The van der Waals surface area contributed by atoms with Crippen LogP contribution in [0.4, 0.5) is 0 Å². The van der Waals surface area contributed by atoms with E-state index in [-0.39, 0.29) is 0 Å². The summed E-state index contributed by atoms with van der Waals surface area (Å²) in [4.78, 5) is 11.0. The van der Waals surface area contributed by atoms with Crippen molar-refractivity contribution >= 4 is 40.8 Å². The lowest BCUT2D eigenvalue weighted by Crippen LogP contribution is -2.22. The van der Waals surface area contributed by atoms with Gasteiger partial charge in [-0.2, -0.15) is 0 Å². The Morgan fingerprint density at radius 2 is 1.95 bits per heavy atom. The molecule has 1 aromatic carbocycles. The molecule has 0 aromatic heterocycles. The number of ether oxygens (including phenoxy) is 2. The van der Waals surface area contributed by atoms with Gasteiger partial charge in [0.05, 0.1) is 0 Å². The van der Waals surface area contributed by atoms with Crippen molar-refractivity contribution in [2.24, 2.45) is 0 Å². The number of hydrogen-bond donors (Lipinski definition) is 0. The van der Waals surface area contributed by atoms with Crippen LogP contribution in [-0.2, 0) is 9.53 Å². The van der Waals surface area contributed by atoms with Crippen LogP contribution in [0, 0.1) is 0 Å². The molecule has 0 heterocycles. The maximum Gasteiger partial charge on any atom is 0.303 e. The van der Waals surface area contributed by atoms with Crippen molar-refractivity contribution in [1.29, 1.82) is 0 Å². The summed E-state index contributed by atoms with van der Waals surface area (Å²) in [5, 5.41) is 0. The monoisotopic (exact) mass is 322 g/mol. The smallest absolute Gasteiger partial charge is 0.303 e. The van der Waals surface area contributed by atoms with Gasteiger partial charge in [0.1, 0.15) is 12.4 Å². The summed E-state index contributed by atoms with van der Waals surface area (Å²) < 4.78 is 8.62. The fourth-order valence-corrected chi connectivity index (χ4v) is 1.90. The zero-order chi connectivity index (χ0) is 14.5. The molecule has 0 fully saturated rings. The second-order valence-corrected chi connectivity index (χ2v) is 6.07. The second kappa shape index (κ2) is 7.04. The molecular formula is C13H13Cl3O3. The fourth-order valence-electron chi connectivity index (χ4n) is 1.38. The molecule has 19 heavy (non-hydrogen) atoms. The molecule has 0 saturated heterocycles. The molecule has 0 aliphatic carbocycles. The van der Waals surface area contributed by atoms with Crippen LogP contribution in [-0.4, -0.2) is 16.4 Å². The van der Waals surface area contributed by atoms with Gasteiger partial charge in [0.2, 0.25) is 3.79 Å². The Hall–Kier alpha value is -0.900. The molecule has 6 heteroatoms. The minimum Gasteiger partial charge on any atom is -0.490 e. The quantitative estimate of drug-likeness (QED) is 0.462. The van der Waals surface area contributed by atoms with Gasteiger partial charge in [-0.05, 0) is 17.7 Å². The molecule has 1 rings (SSSR count). The summed E-state index contributed by atoms with van der Waals surface area (Å²) in [6.07, 6.45) is 0.667. The third-order valence-corrected chi connectivity index (χ3v) is 2.73. The Morgan fingerprint density at radius 3 is 2.37 bits per heavy atom. The van der Waals surface area contributed by atoms with Gasteiger partial charge in [-0.15, -0.1) is 0 Å². The first-order chi connectivity index (χ1) is 8.84. The molecule has 0 spiro atoms. The number of benzene rings is 1. The standard InChI is InChI=1S/C13H13Cl3O3/c1-3-8-18-11-6-4-10(5-7-11)12(13(14,15)16)19-9(2)17/h3-7,12H,1,8H2,2H3. The highest BCUT2D eigenvalue weighted by molar-refractivity contribution is 6.68. The molecule has 1 atom stereocenters. The van der Waals surface area contributed by atoms with Crippen LogP contribution in [0.25, 0.3) is 0 Å². The number of carbonyl (C=O) groups is 1. The normalized spacial score (nSPS) is 12.6. The summed E-state index contributed by atoms with van der Waals surface area (Å²) in [6, 6.07) is 6.75. The number of alkyl halides is 3. The number of esters is 1. The van der Waals surface area contributed by atoms with E-state index < -0.39 is 15.9 Å². The molecule has 3 nitrogen and oxygen atoms in total. The minimum absolute atomic E-state index is 0.400. The lowest BCUT2D eigenvalue weighted by molar-refractivity contribution is -0.146. The van der Waals surface area contributed by atoms with E-state index in [1.165, 1.54) is 6.92 Å². The van der Waals surface area contributed by atoms with Gasteiger partial charge in [0.15, 0.2) is 6.10 Å². The van der Waals surface area contributed by atoms with Crippen LogP contribution in [0.1, 0.15) is 18.6 Å². The molecule has 0 saturated carbocycles. The zero-order valence-corrected chi connectivity index (χ0v) is 12.5. The zero-order valence-electron chi connectivity index (χ0n) is 10.2.